The first-order valence-corrected chi connectivity index (χ1v) is 7.45. The van der Waals surface area contributed by atoms with Crippen LogP contribution in [0.25, 0.3) is 0 Å². The molecule has 27 nitrogen and oxygen atoms in total. The van der Waals surface area contributed by atoms with E-state index in [0.29, 0.717) is 0 Å². The highest BCUT2D eigenvalue weighted by atomic mass is 35.5. The van der Waals surface area contributed by atoms with Crippen LogP contribution in [0.2, 0.25) is 0 Å². The van der Waals surface area contributed by atoms with Crippen molar-refractivity contribution in [2.75, 3.05) is 0 Å². The highest BCUT2D eigenvalue weighted by molar-refractivity contribution is 5.85. The molecule has 0 saturated carbocycles. The van der Waals surface area contributed by atoms with E-state index in [-0.39, 0.29) is 66.0 Å². The summed E-state index contributed by atoms with van der Waals surface area (Å²) in [5, 5.41) is 54.5. The molecule has 0 heterocycles. The van der Waals surface area contributed by atoms with Crippen LogP contribution < -0.4 is 103 Å². The van der Waals surface area contributed by atoms with Gasteiger partial charge in [-0.2, -0.15) is 0 Å². The monoisotopic (exact) mass is 567 g/mol. The van der Waals surface area contributed by atoms with Gasteiger partial charge in [-0.25, -0.2) is 0 Å². The molecule has 45 N–H and O–H groups in total. The van der Waals surface area contributed by atoms with Gasteiger partial charge in [-0.1, -0.05) is 0 Å². The van der Waals surface area contributed by atoms with Crippen LogP contribution in [0.3, 0.4) is 0 Å². The Morgan fingerprint density at radius 2 is 0.189 bits per heavy atom. The summed E-state index contributed by atoms with van der Waals surface area (Å²) in [4.78, 5) is 0. The number of nitrogens with two attached hydrogens (primary N) is 18. The zero-order chi connectivity index (χ0) is 32.2. The Balaban J connectivity index is -0.0000000276. The topological polar surface area (TPSA) is 683 Å². The first-order chi connectivity index (χ1) is 15.6. The maximum atomic E-state index is 6.06. The molecule has 0 radical (unpaired) electrons. The molecule has 37 heavy (non-hydrogen) atoms. The Labute approximate surface area is 218 Å². The van der Waals surface area contributed by atoms with E-state index in [1.165, 1.54) is 0 Å². The van der Waals surface area contributed by atoms with Gasteiger partial charge in [0.1, 0.15) is 0 Å². The van der Waals surface area contributed by atoms with Gasteiger partial charge in [0.15, 0.2) is 53.6 Å². The van der Waals surface area contributed by atoms with Gasteiger partial charge in [0.2, 0.25) is 0 Å². The predicted molar refractivity (Wildman–Crippen MR) is 152 cm³/mol. The van der Waals surface area contributed by atoms with Crippen molar-refractivity contribution in [1.82, 2.24) is 0 Å². The molecule has 0 rings (SSSR count). The fourth-order valence-corrected chi connectivity index (χ4v) is 0. The summed E-state index contributed by atoms with van der Waals surface area (Å²) in [5.41, 5.74) is 80.5. The normalized spacial score (nSPS) is 5.84. The predicted octanol–water partition coefficient (Wildman–Crippen LogP) is -10.0. The van der Waals surface area contributed by atoms with E-state index < -0.39 is 0 Å². The molecule has 224 valence electrons. The molecule has 0 aromatic rings. The average Bonchev–Trinajstić information content (AvgIpc) is 2.39. The molecule has 0 aliphatic heterocycles. The number of nitrogens with one attached hydrogen (secondary N) is 9. The van der Waals surface area contributed by atoms with Crippen LogP contribution in [0, 0.1) is 48.7 Å². The fourth-order valence-electron chi connectivity index (χ4n) is 0. The van der Waals surface area contributed by atoms with Gasteiger partial charge >= 0.3 is 0 Å². The summed E-state index contributed by atoms with van der Waals surface area (Å²) in [6, 6.07) is 0. The van der Waals surface area contributed by atoms with Crippen LogP contribution in [0.1, 0.15) is 0 Å². The Hall–Kier alpha value is -6.28. The van der Waals surface area contributed by atoms with E-state index in [9.17, 15) is 0 Å². The summed E-state index contributed by atoms with van der Waals surface area (Å²) in [6.07, 6.45) is 0. The molecule has 0 aromatic heterocycles. The number of rotatable bonds is 0. The highest BCUT2D eigenvalue weighted by Crippen LogP contribution is 1.16. The van der Waals surface area contributed by atoms with Crippen molar-refractivity contribution in [3.63, 3.8) is 0 Å². The first kappa shape index (κ1) is 63.2. The average molecular weight is 568 g/mol. The standard InChI is InChI=1S/9CH5N3.ClH/c9*2-1(3)4;/h9*(H5,2,3,4);1H. The molecular formula is C9H46ClN27. The molecule has 0 fully saturated rings. The van der Waals surface area contributed by atoms with Crippen LogP contribution in [-0.4, -0.2) is 53.6 Å². The smallest absolute Gasteiger partial charge is 0.183 e. The first-order valence-electron chi connectivity index (χ1n) is 7.45. The lowest BCUT2D eigenvalue weighted by Gasteiger charge is -1.69. The van der Waals surface area contributed by atoms with E-state index >= 15 is 0 Å². The summed E-state index contributed by atoms with van der Waals surface area (Å²) in [5.74, 6) is -3.00. The SMILES string of the molecule is Cl.N=C(N)N.N=C(N)N.N=C(N)N.N=C(N)N.N=C(N)N.N=C(N)N.N=C(N)N.N=C(N)N.N=C(N)N. The molecule has 28 heteroatoms. The van der Waals surface area contributed by atoms with Crippen LogP contribution in [0.4, 0.5) is 0 Å². The van der Waals surface area contributed by atoms with Gasteiger partial charge < -0.3 is 103 Å². The molecule has 0 atom stereocenters. The second-order valence-electron chi connectivity index (χ2n) is 4.10. The minimum Gasteiger partial charge on any atom is -0.370 e. The molecule has 0 bridgehead atoms. The molecule has 0 aromatic carbocycles. The fraction of sp³-hybridized carbons (Fsp3) is 0. The Morgan fingerprint density at radius 3 is 0.189 bits per heavy atom. The molecule has 0 unspecified atom stereocenters. The van der Waals surface area contributed by atoms with Gasteiger partial charge in [-0.15, -0.1) is 12.4 Å². The number of hydrogen-bond donors (Lipinski definition) is 27. The van der Waals surface area contributed by atoms with Crippen LogP contribution >= 0.6 is 12.4 Å². The number of guanidine groups is 9. The van der Waals surface area contributed by atoms with Crippen molar-refractivity contribution < 1.29 is 0 Å². The van der Waals surface area contributed by atoms with Crippen molar-refractivity contribution in [3.8, 4) is 0 Å². The highest BCUT2D eigenvalue weighted by Gasteiger charge is 1.55. The van der Waals surface area contributed by atoms with Crippen molar-refractivity contribution in [2.45, 2.75) is 0 Å². The van der Waals surface area contributed by atoms with Crippen molar-refractivity contribution >= 4 is 66.0 Å². The third kappa shape index (κ3) is 579. The molecule has 0 spiro atoms. The maximum absolute atomic E-state index is 6.06. The summed E-state index contributed by atoms with van der Waals surface area (Å²) in [6.45, 7) is 0. The number of halogens is 1. The third-order valence-electron chi connectivity index (χ3n) is 0. The van der Waals surface area contributed by atoms with Gasteiger partial charge in [-0.3, -0.25) is 48.7 Å². The molecule has 0 saturated heterocycles. The van der Waals surface area contributed by atoms with Gasteiger partial charge in [0.25, 0.3) is 0 Å². The lowest BCUT2D eigenvalue weighted by atomic mass is 11.1. The lowest BCUT2D eigenvalue weighted by molar-refractivity contribution is 1.38. The van der Waals surface area contributed by atoms with Gasteiger partial charge in [0, 0.05) is 0 Å². The zero-order valence-corrected chi connectivity index (χ0v) is 20.6. The van der Waals surface area contributed by atoms with E-state index in [0.717, 1.165) is 0 Å². The Bertz CT molecular complexity index is 414. The second kappa shape index (κ2) is 57.1. The van der Waals surface area contributed by atoms with Gasteiger partial charge in [-0.05, 0) is 0 Å². The zero-order valence-electron chi connectivity index (χ0n) is 19.8. The van der Waals surface area contributed by atoms with Crippen molar-refractivity contribution in [2.24, 2.45) is 103 Å². The largest absolute Gasteiger partial charge is 0.370 e. The quantitative estimate of drug-likeness (QED) is 0.0952. The summed E-state index contributed by atoms with van der Waals surface area (Å²) in [7, 11) is 0. The molecule has 0 amide bonds. The molecule has 0 aliphatic carbocycles. The van der Waals surface area contributed by atoms with Crippen LogP contribution in [0.5, 0.6) is 0 Å². The second-order valence-corrected chi connectivity index (χ2v) is 4.10. The van der Waals surface area contributed by atoms with Crippen LogP contribution in [-0.2, 0) is 0 Å². The van der Waals surface area contributed by atoms with Crippen LogP contribution in [0.15, 0.2) is 0 Å². The minimum atomic E-state index is -0.333. The van der Waals surface area contributed by atoms with Crippen molar-refractivity contribution in [1.29, 1.82) is 48.7 Å². The summed E-state index contributed by atoms with van der Waals surface area (Å²) < 4.78 is 0. The molecular weight excluding hydrogens is 522 g/mol. The van der Waals surface area contributed by atoms with Gasteiger partial charge in [0.05, 0.1) is 0 Å². The van der Waals surface area contributed by atoms with E-state index in [1.807, 2.05) is 0 Å². The third-order valence-corrected chi connectivity index (χ3v) is 0. The lowest BCUT2D eigenvalue weighted by Crippen LogP contribution is -2.20. The Kier molecular flexibility index (Phi) is 97.5. The van der Waals surface area contributed by atoms with E-state index in [1.54, 1.807) is 0 Å². The molecule has 0 aliphatic rings. The van der Waals surface area contributed by atoms with Crippen molar-refractivity contribution in [3.05, 3.63) is 0 Å². The van der Waals surface area contributed by atoms with E-state index in [2.05, 4.69) is 103 Å². The Morgan fingerprint density at radius 1 is 0.189 bits per heavy atom. The maximum Gasteiger partial charge on any atom is 0.183 e. The summed E-state index contributed by atoms with van der Waals surface area (Å²) >= 11 is 0. The van der Waals surface area contributed by atoms with E-state index in [4.69, 9.17) is 48.7 Å². The minimum absolute atomic E-state index is 0. The number of hydrogen-bond acceptors (Lipinski definition) is 9.